The lowest BCUT2D eigenvalue weighted by Gasteiger charge is -2.31. The van der Waals surface area contributed by atoms with Crippen molar-refractivity contribution >= 4 is 29.4 Å². The van der Waals surface area contributed by atoms with Crippen molar-refractivity contribution in [2.24, 2.45) is 11.1 Å². The molecule has 0 fully saturated rings. The molecule has 3 amide bonds. The zero-order chi connectivity index (χ0) is 30.4. The zero-order valence-electron chi connectivity index (χ0n) is 23.6. The van der Waals surface area contributed by atoms with Gasteiger partial charge in [-0.05, 0) is 58.0 Å². The predicted molar refractivity (Wildman–Crippen MR) is 159 cm³/mol. The molecule has 0 aliphatic rings. The van der Waals surface area contributed by atoms with E-state index in [-0.39, 0.29) is 0 Å². The lowest BCUT2D eigenvalue weighted by atomic mass is 9.85. The van der Waals surface area contributed by atoms with Gasteiger partial charge in [-0.15, -0.1) is 0 Å². The fraction of sp³-hybridized carbons (Fsp3) is 0.219. The Morgan fingerprint density at radius 1 is 0.833 bits per heavy atom. The Bertz CT molecular complexity index is 1570. The zero-order valence-corrected chi connectivity index (χ0v) is 23.6. The van der Waals surface area contributed by atoms with Crippen molar-refractivity contribution in [3.05, 3.63) is 97.1 Å². The Morgan fingerprint density at radius 3 is 1.90 bits per heavy atom. The highest BCUT2D eigenvalue weighted by Gasteiger charge is 2.35. The first-order chi connectivity index (χ1) is 19.9. The molecule has 4 aromatic rings. The average Bonchev–Trinajstić information content (AvgIpc) is 3.44. The molecule has 0 saturated carbocycles. The van der Waals surface area contributed by atoms with Crippen LogP contribution in [0, 0.1) is 5.41 Å². The quantitative estimate of drug-likeness (QED) is 0.221. The number of nitrogens with two attached hydrogens (primary N) is 1. The monoisotopic (exact) mass is 567 g/mol. The maximum Gasteiger partial charge on any atom is 0.306 e. The van der Waals surface area contributed by atoms with Crippen LogP contribution in [-0.2, 0) is 14.4 Å². The van der Waals surface area contributed by atoms with Gasteiger partial charge in [-0.25, -0.2) is 0 Å². The number of pyridine rings is 1. The van der Waals surface area contributed by atoms with Crippen molar-refractivity contribution in [3.63, 3.8) is 0 Å². The topological polar surface area (TPSA) is 156 Å². The maximum atomic E-state index is 13.5. The SMILES string of the molecule is CC(C)(C)[C@H](NC(=O)[C@@H](CC(=O)O)n1ccc(-c2ccc(-c3ccc(C(N)=O)cc3)cc2)c1)C(=O)Nc1ccncc1. The number of carboxylic acid groups (broad SMARTS) is 1. The molecule has 10 heteroatoms. The number of primary amides is 1. The van der Waals surface area contributed by atoms with E-state index in [2.05, 4.69) is 15.6 Å². The van der Waals surface area contributed by atoms with E-state index in [0.717, 1.165) is 22.3 Å². The van der Waals surface area contributed by atoms with Gasteiger partial charge in [0.25, 0.3) is 0 Å². The van der Waals surface area contributed by atoms with E-state index in [1.165, 1.54) is 0 Å². The predicted octanol–water partition coefficient (Wildman–Crippen LogP) is 4.50. The Morgan fingerprint density at radius 2 is 1.38 bits per heavy atom. The third kappa shape index (κ3) is 7.28. The summed E-state index contributed by atoms with van der Waals surface area (Å²) in [5.41, 5.74) is 9.14. The number of benzene rings is 2. The van der Waals surface area contributed by atoms with E-state index in [0.29, 0.717) is 11.3 Å². The highest BCUT2D eigenvalue weighted by molar-refractivity contribution is 5.98. The van der Waals surface area contributed by atoms with Gasteiger partial charge in [-0.2, -0.15) is 0 Å². The van der Waals surface area contributed by atoms with Crippen molar-refractivity contribution in [3.8, 4) is 22.3 Å². The molecule has 216 valence electrons. The molecule has 2 aromatic carbocycles. The molecule has 2 atom stereocenters. The Labute approximate surface area is 243 Å². The van der Waals surface area contributed by atoms with E-state index in [9.17, 15) is 24.3 Å². The Hall–Kier alpha value is -5.25. The summed E-state index contributed by atoms with van der Waals surface area (Å²) >= 11 is 0. The van der Waals surface area contributed by atoms with Crippen LogP contribution in [0.3, 0.4) is 0 Å². The first-order valence-electron chi connectivity index (χ1n) is 13.3. The van der Waals surface area contributed by atoms with Gasteiger partial charge in [0.05, 0.1) is 6.42 Å². The molecule has 0 spiro atoms. The first kappa shape index (κ1) is 29.7. The van der Waals surface area contributed by atoms with Crippen LogP contribution >= 0.6 is 0 Å². The normalized spacial score (nSPS) is 12.6. The Kier molecular flexibility index (Phi) is 8.85. The number of aromatic nitrogens is 2. The number of carboxylic acids is 1. The molecular weight excluding hydrogens is 534 g/mol. The number of nitrogens with zero attached hydrogens (tertiary/aromatic N) is 2. The van der Waals surface area contributed by atoms with E-state index < -0.39 is 47.6 Å². The highest BCUT2D eigenvalue weighted by atomic mass is 16.4. The summed E-state index contributed by atoms with van der Waals surface area (Å²) in [6.07, 6.45) is 5.99. The second-order valence-electron chi connectivity index (χ2n) is 11.0. The van der Waals surface area contributed by atoms with Crippen LogP contribution in [0.4, 0.5) is 5.69 Å². The molecule has 0 aliphatic heterocycles. The van der Waals surface area contributed by atoms with Crippen molar-refractivity contribution in [1.82, 2.24) is 14.9 Å². The van der Waals surface area contributed by atoms with Gasteiger partial charge in [0.1, 0.15) is 12.1 Å². The average molecular weight is 568 g/mol. The molecule has 0 radical (unpaired) electrons. The van der Waals surface area contributed by atoms with Crippen molar-refractivity contribution < 1.29 is 24.3 Å². The van der Waals surface area contributed by atoms with Gasteiger partial charge < -0.3 is 26.0 Å². The number of nitrogens with one attached hydrogen (secondary N) is 2. The maximum absolute atomic E-state index is 13.5. The summed E-state index contributed by atoms with van der Waals surface area (Å²) in [6.45, 7) is 5.46. The lowest BCUT2D eigenvalue weighted by molar-refractivity contribution is -0.141. The molecule has 10 nitrogen and oxygen atoms in total. The molecule has 5 N–H and O–H groups in total. The fourth-order valence-corrected chi connectivity index (χ4v) is 4.52. The number of hydrogen-bond donors (Lipinski definition) is 4. The van der Waals surface area contributed by atoms with Crippen LogP contribution in [0.5, 0.6) is 0 Å². The molecule has 0 bridgehead atoms. The van der Waals surface area contributed by atoms with Gasteiger partial charge in [-0.1, -0.05) is 57.2 Å². The molecule has 0 unspecified atom stereocenters. The molecule has 2 aromatic heterocycles. The van der Waals surface area contributed by atoms with Crippen LogP contribution in [0.2, 0.25) is 0 Å². The second kappa shape index (κ2) is 12.5. The summed E-state index contributed by atoms with van der Waals surface area (Å²) in [5, 5.41) is 15.2. The van der Waals surface area contributed by atoms with Crippen LogP contribution in [0.1, 0.15) is 43.6 Å². The van der Waals surface area contributed by atoms with Gasteiger partial charge in [0.2, 0.25) is 17.7 Å². The summed E-state index contributed by atoms with van der Waals surface area (Å²) < 4.78 is 1.55. The number of carbonyl (C=O) groups excluding carboxylic acids is 3. The first-order valence-corrected chi connectivity index (χ1v) is 13.3. The minimum absolute atomic E-state index is 0.423. The largest absolute Gasteiger partial charge is 0.481 e. The smallest absolute Gasteiger partial charge is 0.306 e. The van der Waals surface area contributed by atoms with Crippen molar-refractivity contribution in [2.45, 2.75) is 39.3 Å². The minimum atomic E-state index is -1.15. The number of aliphatic carboxylic acids is 1. The van der Waals surface area contributed by atoms with E-state index in [1.54, 1.807) is 59.7 Å². The van der Waals surface area contributed by atoms with Crippen molar-refractivity contribution in [1.29, 1.82) is 0 Å². The van der Waals surface area contributed by atoms with Crippen LogP contribution < -0.4 is 16.4 Å². The van der Waals surface area contributed by atoms with Crippen LogP contribution in [0.25, 0.3) is 22.3 Å². The number of anilines is 1. The van der Waals surface area contributed by atoms with Gasteiger partial charge >= 0.3 is 5.97 Å². The minimum Gasteiger partial charge on any atom is -0.481 e. The summed E-state index contributed by atoms with van der Waals surface area (Å²) in [4.78, 5) is 53.7. The molecular formula is C32H33N5O5. The molecule has 0 aliphatic carbocycles. The van der Waals surface area contributed by atoms with Gasteiger partial charge in [0, 0.05) is 36.0 Å². The van der Waals surface area contributed by atoms with E-state index in [4.69, 9.17) is 5.73 Å². The standard InChI is InChI=1S/C32H33N5O5/c1-32(2,3)28(31(42)35-25-12-15-34-16-13-25)36-30(41)26(18-27(38)39)37-17-14-24(19-37)22-6-4-20(5-7-22)21-8-10-23(11-9-21)29(33)40/h4-17,19,26,28H,18H2,1-3H3,(H2,33,40)(H,36,41)(H,38,39)(H,34,35,42)/t26-,28-/m1/s1. The summed E-state index contributed by atoms with van der Waals surface area (Å²) in [7, 11) is 0. The fourth-order valence-electron chi connectivity index (χ4n) is 4.52. The third-order valence-corrected chi connectivity index (χ3v) is 6.83. The van der Waals surface area contributed by atoms with Crippen LogP contribution in [0.15, 0.2) is 91.5 Å². The van der Waals surface area contributed by atoms with Gasteiger partial charge in [-0.3, -0.25) is 24.2 Å². The highest BCUT2D eigenvalue weighted by Crippen LogP contribution is 2.28. The van der Waals surface area contributed by atoms with Gasteiger partial charge in [0.15, 0.2) is 0 Å². The lowest BCUT2D eigenvalue weighted by Crippen LogP contribution is -2.53. The second-order valence-corrected chi connectivity index (χ2v) is 11.0. The molecule has 2 heterocycles. The molecule has 4 rings (SSSR count). The van der Waals surface area contributed by atoms with Crippen LogP contribution in [-0.4, -0.2) is 44.4 Å². The summed E-state index contributed by atoms with van der Waals surface area (Å²) in [5.74, 6) is -2.64. The van der Waals surface area contributed by atoms with E-state index in [1.807, 2.05) is 57.2 Å². The molecule has 42 heavy (non-hydrogen) atoms. The number of hydrogen-bond acceptors (Lipinski definition) is 5. The Balaban J connectivity index is 1.53. The number of rotatable bonds is 10. The number of amides is 3. The van der Waals surface area contributed by atoms with E-state index >= 15 is 0 Å². The van der Waals surface area contributed by atoms with Crippen molar-refractivity contribution in [2.75, 3.05) is 5.32 Å². The number of carbonyl (C=O) groups is 4. The third-order valence-electron chi connectivity index (χ3n) is 6.83. The molecule has 0 saturated heterocycles. The summed E-state index contributed by atoms with van der Waals surface area (Å²) in [6, 6.07) is 17.8.